The maximum Gasteiger partial charge on any atom is 0.0852 e. The summed E-state index contributed by atoms with van der Waals surface area (Å²) in [5.74, 6) is 0. The van der Waals surface area contributed by atoms with E-state index in [-0.39, 0.29) is 0 Å². The average molecular weight is 272 g/mol. The summed E-state index contributed by atoms with van der Waals surface area (Å²) in [6.07, 6.45) is 3.28. The highest BCUT2D eigenvalue weighted by Crippen LogP contribution is 2.25. The molecule has 0 amide bonds. The Labute approximate surface area is 97.1 Å². The Hall–Kier alpha value is -0.650. The molecule has 1 atom stereocenters. The van der Waals surface area contributed by atoms with Gasteiger partial charge in [0.1, 0.15) is 0 Å². The molecule has 0 radical (unpaired) electrons. The summed E-state index contributed by atoms with van der Waals surface area (Å²) in [6.45, 7) is 4.29. The maximum atomic E-state index is 9.55. The van der Waals surface area contributed by atoms with Gasteiger partial charge in [-0.1, -0.05) is 0 Å². The van der Waals surface area contributed by atoms with Gasteiger partial charge in [-0.2, -0.15) is 5.10 Å². The van der Waals surface area contributed by atoms with Gasteiger partial charge < -0.3 is 10.4 Å². The fourth-order valence-electron chi connectivity index (χ4n) is 1.79. The van der Waals surface area contributed by atoms with Crippen LogP contribution in [0.1, 0.15) is 12.6 Å². The number of halogens is 1. The van der Waals surface area contributed by atoms with Gasteiger partial charge in [-0.3, -0.25) is 4.68 Å². The predicted octanol–water partition coefficient (Wildman–Crippen LogP) is 1.01. The predicted molar refractivity (Wildman–Crippen MR) is 62.5 cm³/mol. The van der Waals surface area contributed by atoms with Crippen molar-refractivity contribution in [2.24, 2.45) is 0 Å². The Bertz CT molecular complexity index is 386. The van der Waals surface area contributed by atoms with Crippen LogP contribution in [0, 0.1) is 0 Å². The van der Waals surface area contributed by atoms with Gasteiger partial charge in [0.2, 0.25) is 0 Å². The van der Waals surface area contributed by atoms with Crippen LogP contribution in [0.4, 0.5) is 0 Å². The highest BCUT2D eigenvalue weighted by atomic mass is 79.9. The Morgan fingerprint density at radius 2 is 2.53 bits per heavy atom. The third-order valence-electron chi connectivity index (χ3n) is 2.46. The lowest BCUT2D eigenvalue weighted by atomic mass is 10.1. The van der Waals surface area contributed by atoms with Crippen molar-refractivity contribution in [1.29, 1.82) is 0 Å². The van der Waals surface area contributed by atoms with Gasteiger partial charge >= 0.3 is 0 Å². The topological polar surface area (TPSA) is 50.1 Å². The lowest BCUT2D eigenvalue weighted by molar-refractivity contribution is 0.216. The third-order valence-corrected chi connectivity index (χ3v) is 3.04. The van der Waals surface area contributed by atoms with Crippen molar-refractivity contribution in [2.75, 3.05) is 13.1 Å². The molecule has 0 fully saturated rings. The molecule has 1 unspecified atom stereocenters. The summed E-state index contributed by atoms with van der Waals surface area (Å²) in [5.41, 5.74) is 2.16. The summed E-state index contributed by atoms with van der Waals surface area (Å²) >= 11 is 3.48. The van der Waals surface area contributed by atoms with Crippen LogP contribution in [0.3, 0.4) is 0 Å². The fourth-order valence-corrected chi connectivity index (χ4v) is 2.34. The van der Waals surface area contributed by atoms with Gasteiger partial charge in [0.15, 0.2) is 0 Å². The van der Waals surface area contributed by atoms with Crippen LogP contribution in [0.15, 0.2) is 16.7 Å². The maximum absolute atomic E-state index is 9.55. The first-order valence-electron chi connectivity index (χ1n) is 5.03. The number of rotatable bonds is 2. The molecule has 0 aromatic carbocycles. The van der Waals surface area contributed by atoms with Crippen LogP contribution >= 0.6 is 15.9 Å². The van der Waals surface area contributed by atoms with Crippen molar-refractivity contribution in [3.8, 4) is 0 Å². The van der Waals surface area contributed by atoms with Crippen LogP contribution in [-0.2, 0) is 6.54 Å². The smallest absolute Gasteiger partial charge is 0.0852 e. The Kier molecular flexibility index (Phi) is 3.23. The van der Waals surface area contributed by atoms with Crippen molar-refractivity contribution in [3.63, 3.8) is 0 Å². The molecule has 0 spiro atoms. The van der Waals surface area contributed by atoms with Gasteiger partial charge in [-0.05, 0) is 34.5 Å². The molecule has 1 aliphatic heterocycles. The molecular formula is C10H14BrN3O. The van der Waals surface area contributed by atoms with E-state index in [2.05, 4.69) is 33.3 Å². The van der Waals surface area contributed by atoms with E-state index >= 15 is 0 Å². The first-order valence-corrected chi connectivity index (χ1v) is 5.82. The van der Waals surface area contributed by atoms with E-state index in [0.29, 0.717) is 6.54 Å². The molecule has 0 aliphatic carbocycles. The van der Waals surface area contributed by atoms with E-state index in [1.165, 1.54) is 0 Å². The molecule has 4 nitrogen and oxygen atoms in total. The number of aromatic nitrogens is 2. The van der Waals surface area contributed by atoms with E-state index < -0.39 is 6.10 Å². The molecule has 1 aromatic rings. The lowest BCUT2D eigenvalue weighted by Crippen LogP contribution is -2.32. The first kappa shape index (κ1) is 10.9. The zero-order chi connectivity index (χ0) is 10.8. The number of nitrogens with zero attached hydrogens (tertiary/aromatic N) is 2. The molecule has 82 valence electrons. The SMILES string of the molecule is CCn1ncc(Br)c1C1=CC(O)CNC1. The zero-order valence-electron chi connectivity index (χ0n) is 8.57. The number of β-amino-alcohol motifs (C(OH)–C–C–N with tert-alkyl or cyclic N) is 1. The molecule has 0 saturated carbocycles. The molecule has 0 bridgehead atoms. The summed E-state index contributed by atoms with van der Waals surface area (Å²) in [5, 5.41) is 17.0. The Morgan fingerprint density at radius 1 is 1.73 bits per heavy atom. The number of hydrogen-bond acceptors (Lipinski definition) is 3. The van der Waals surface area contributed by atoms with Gasteiger partial charge in [0, 0.05) is 19.6 Å². The third kappa shape index (κ3) is 2.14. The summed E-state index contributed by atoms with van der Waals surface area (Å²) in [6, 6.07) is 0. The number of hydrogen-bond donors (Lipinski definition) is 2. The largest absolute Gasteiger partial charge is 0.388 e. The monoisotopic (exact) mass is 271 g/mol. The average Bonchev–Trinajstić information content (AvgIpc) is 2.59. The normalized spacial score (nSPS) is 21.5. The molecule has 0 saturated heterocycles. The molecular weight excluding hydrogens is 258 g/mol. The lowest BCUT2D eigenvalue weighted by Gasteiger charge is -2.19. The Morgan fingerprint density at radius 3 is 3.20 bits per heavy atom. The van der Waals surface area contributed by atoms with E-state index in [4.69, 9.17) is 0 Å². The quantitative estimate of drug-likeness (QED) is 0.845. The van der Waals surface area contributed by atoms with Crippen LogP contribution in [-0.4, -0.2) is 34.1 Å². The van der Waals surface area contributed by atoms with Crippen LogP contribution in [0.2, 0.25) is 0 Å². The fraction of sp³-hybridized carbons (Fsp3) is 0.500. The highest BCUT2D eigenvalue weighted by Gasteiger charge is 2.17. The van der Waals surface area contributed by atoms with E-state index in [9.17, 15) is 5.11 Å². The zero-order valence-corrected chi connectivity index (χ0v) is 10.2. The molecule has 5 heteroatoms. The Balaban J connectivity index is 2.39. The van der Waals surface area contributed by atoms with Crippen LogP contribution in [0.5, 0.6) is 0 Å². The van der Waals surface area contributed by atoms with Crippen LogP contribution in [0.25, 0.3) is 5.57 Å². The standard InChI is InChI=1S/C10H14BrN3O/c1-2-14-10(9(11)6-13-14)7-3-8(15)5-12-4-7/h3,6,8,12,15H,2,4-5H2,1H3. The van der Waals surface area contributed by atoms with E-state index in [1.54, 1.807) is 6.20 Å². The van der Waals surface area contributed by atoms with Gasteiger partial charge in [-0.15, -0.1) is 0 Å². The van der Waals surface area contributed by atoms with Crippen molar-refractivity contribution < 1.29 is 5.11 Å². The minimum atomic E-state index is -0.402. The van der Waals surface area contributed by atoms with Crippen molar-refractivity contribution in [2.45, 2.75) is 19.6 Å². The van der Waals surface area contributed by atoms with Crippen molar-refractivity contribution >= 4 is 21.5 Å². The number of nitrogens with one attached hydrogen (secondary N) is 1. The minimum Gasteiger partial charge on any atom is -0.388 e. The molecule has 15 heavy (non-hydrogen) atoms. The van der Waals surface area contributed by atoms with Crippen molar-refractivity contribution in [3.05, 3.63) is 22.4 Å². The first-order chi connectivity index (χ1) is 7.22. The second-order valence-corrected chi connectivity index (χ2v) is 4.40. The summed E-state index contributed by atoms with van der Waals surface area (Å²) in [7, 11) is 0. The summed E-state index contributed by atoms with van der Waals surface area (Å²) < 4.78 is 2.90. The van der Waals surface area contributed by atoms with Crippen LogP contribution < -0.4 is 5.32 Å². The highest BCUT2D eigenvalue weighted by molar-refractivity contribution is 9.10. The molecule has 1 aliphatic rings. The van der Waals surface area contributed by atoms with E-state index in [1.807, 2.05) is 10.8 Å². The molecule has 2 rings (SSSR count). The van der Waals surface area contributed by atoms with Crippen molar-refractivity contribution in [1.82, 2.24) is 15.1 Å². The number of aryl methyl sites for hydroxylation is 1. The van der Waals surface area contributed by atoms with E-state index in [0.717, 1.165) is 28.8 Å². The second kappa shape index (κ2) is 4.47. The van der Waals surface area contributed by atoms with Gasteiger partial charge in [0.05, 0.1) is 22.5 Å². The van der Waals surface area contributed by atoms with Gasteiger partial charge in [0.25, 0.3) is 0 Å². The molecule has 2 N–H and O–H groups in total. The summed E-state index contributed by atoms with van der Waals surface area (Å²) in [4.78, 5) is 0. The number of aliphatic hydroxyl groups excluding tert-OH is 1. The van der Waals surface area contributed by atoms with Gasteiger partial charge in [-0.25, -0.2) is 0 Å². The minimum absolute atomic E-state index is 0.402. The second-order valence-electron chi connectivity index (χ2n) is 3.55. The number of aliphatic hydroxyl groups is 1. The molecule has 1 aromatic heterocycles. The molecule has 2 heterocycles.